The van der Waals surface area contributed by atoms with Crippen LogP contribution in [-0.2, 0) is 9.59 Å². The predicted molar refractivity (Wildman–Crippen MR) is 124 cm³/mol. The smallest absolute Gasteiger partial charge is 0.240 e. The molecule has 0 aliphatic carbocycles. The largest absolute Gasteiger partial charge is 0.292 e. The van der Waals surface area contributed by atoms with Crippen LogP contribution < -0.4 is 4.90 Å². The van der Waals surface area contributed by atoms with E-state index in [1.807, 2.05) is 24.3 Å². The second kappa shape index (κ2) is 7.60. The molecule has 2 amide bonds. The lowest BCUT2D eigenvalue weighted by molar-refractivity contribution is -0.124. The molecule has 34 heavy (non-hydrogen) atoms. The molecule has 6 nitrogen and oxygen atoms in total. The van der Waals surface area contributed by atoms with Gasteiger partial charge in [-0.1, -0.05) is 48.0 Å². The first-order valence-electron chi connectivity index (χ1n) is 10.8. The van der Waals surface area contributed by atoms with Crippen LogP contribution in [0.15, 0.2) is 77.9 Å². The minimum absolute atomic E-state index is 0.247. The molecule has 2 saturated heterocycles. The van der Waals surface area contributed by atoms with Gasteiger partial charge in [-0.2, -0.15) is 5.10 Å². The van der Waals surface area contributed by atoms with E-state index in [9.17, 15) is 18.8 Å². The van der Waals surface area contributed by atoms with E-state index in [0.29, 0.717) is 5.69 Å². The number of para-hydroxylation sites is 1. The number of halogens is 2. The van der Waals surface area contributed by atoms with E-state index in [4.69, 9.17) is 11.6 Å². The summed E-state index contributed by atoms with van der Waals surface area (Å²) in [5.41, 5.74) is 2.19. The fourth-order valence-corrected chi connectivity index (χ4v) is 5.54. The number of ketones is 1. The number of carbonyl (C=O) groups is 3. The summed E-state index contributed by atoms with van der Waals surface area (Å²) in [4.78, 5) is 42.3. The normalized spacial score (nSPS) is 24.8. The average Bonchev–Trinajstić information content (AvgIpc) is 3.32. The van der Waals surface area contributed by atoms with E-state index in [2.05, 4.69) is 5.10 Å². The summed E-state index contributed by atoms with van der Waals surface area (Å²) < 4.78 is 13.5. The molecular weight excluding hydrogens is 457 g/mol. The zero-order chi connectivity index (χ0) is 23.6. The topological polar surface area (TPSA) is 70.0 Å². The van der Waals surface area contributed by atoms with Crippen molar-refractivity contribution in [1.82, 2.24) is 5.01 Å². The Kier molecular flexibility index (Phi) is 4.64. The molecule has 6 rings (SSSR count). The first-order chi connectivity index (χ1) is 16.5. The molecule has 0 radical (unpaired) electrons. The summed E-state index contributed by atoms with van der Waals surface area (Å²) >= 11 is 6.34. The van der Waals surface area contributed by atoms with Crippen LogP contribution in [0.3, 0.4) is 0 Å². The molecule has 3 aliphatic heterocycles. The van der Waals surface area contributed by atoms with Crippen molar-refractivity contribution in [3.63, 3.8) is 0 Å². The SMILES string of the molecule is O=C(c1ccc(F)cc1)[C@@H]1[C@@H]2C(=O)N(c3ccccc3Cl)C(=O)[C@@H]2[C@@H]2c3ccccc3C=NN12. The summed E-state index contributed by atoms with van der Waals surface area (Å²) in [7, 11) is 0. The van der Waals surface area contributed by atoms with Crippen molar-refractivity contribution in [2.75, 3.05) is 4.90 Å². The maximum Gasteiger partial charge on any atom is 0.240 e. The number of anilines is 1. The Morgan fingerprint density at radius 2 is 1.56 bits per heavy atom. The van der Waals surface area contributed by atoms with Crippen molar-refractivity contribution in [3.8, 4) is 0 Å². The van der Waals surface area contributed by atoms with Crippen molar-refractivity contribution < 1.29 is 18.8 Å². The van der Waals surface area contributed by atoms with Crippen LogP contribution in [0.1, 0.15) is 27.5 Å². The number of nitrogens with zero attached hydrogens (tertiary/aromatic N) is 3. The monoisotopic (exact) mass is 473 g/mol. The summed E-state index contributed by atoms with van der Waals surface area (Å²) in [5, 5.41) is 6.35. The van der Waals surface area contributed by atoms with Gasteiger partial charge in [0, 0.05) is 5.56 Å². The Hall–Kier alpha value is -3.84. The van der Waals surface area contributed by atoms with Crippen LogP contribution in [0, 0.1) is 17.7 Å². The average molecular weight is 474 g/mol. The van der Waals surface area contributed by atoms with E-state index >= 15 is 0 Å². The highest BCUT2D eigenvalue weighted by atomic mass is 35.5. The lowest BCUT2D eigenvalue weighted by Crippen LogP contribution is -2.44. The van der Waals surface area contributed by atoms with Crippen LogP contribution in [-0.4, -0.2) is 34.9 Å². The van der Waals surface area contributed by atoms with Crippen LogP contribution in [0.2, 0.25) is 5.02 Å². The maximum atomic E-state index is 13.8. The summed E-state index contributed by atoms with van der Waals surface area (Å²) in [6, 6.07) is 17.7. The third-order valence-electron chi connectivity index (χ3n) is 6.78. The number of hydrogen-bond acceptors (Lipinski definition) is 5. The zero-order valence-corrected chi connectivity index (χ0v) is 18.4. The molecule has 0 saturated carbocycles. The molecular formula is C26H17ClFN3O3. The number of hydrazone groups is 1. The number of rotatable bonds is 3. The minimum atomic E-state index is -1.02. The van der Waals surface area contributed by atoms with Crippen molar-refractivity contribution >= 4 is 41.1 Å². The van der Waals surface area contributed by atoms with Crippen LogP contribution in [0.5, 0.6) is 0 Å². The Morgan fingerprint density at radius 3 is 2.32 bits per heavy atom. The molecule has 4 atom stereocenters. The van der Waals surface area contributed by atoms with Gasteiger partial charge in [-0.3, -0.25) is 19.4 Å². The number of benzene rings is 3. The molecule has 0 N–H and O–H groups in total. The van der Waals surface area contributed by atoms with Gasteiger partial charge in [0.05, 0.1) is 34.8 Å². The summed E-state index contributed by atoms with van der Waals surface area (Å²) in [6.07, 6.45) is 1.64. The van der Waals surface area contributed by atoms with Gasteiger partial charge in [-0.15, -0.1) is 0 Å². The molecule has 3 aromatic carbocycles. The Labute approximate surface area is 199 Å². The summed E-state index contributed by atoms with van der Waals surface area (Å²) in [6.45, 7) is 0. The van der Waals surface area contributed by atoms with E-state index in [1.165, 1.54) is 24.3 Å². The lowest BCUT2D eigenvalue weighted by Gasteiger charge is -2.33. The second-order valence-electron chi connectivity index (χ2n) is 8.53. The van der Waals surface area contributed by atoms with E-state index in [1.54, 1.807) is 35.5 Å². The quantitative estimate of drug-likeness (QED) is 0.421. The minimum Gasteiger partial charge on any atom is -0.292 e. The fourth-order valence-electron chi connectivity index (χ4n) is 5.32. The Morgan fingerprint density at radius 1 is 0.882 bits per heavy atom. The number of hydrogen-bond donors (Lipinski definition) is 0. The second-order valence-corrected chi connectivity index (χ2v) is 8.94. The fraction of sp³-hybridized carbons (Fsp3) is 0.154. The zero-order valence-electron chi connectivity index (χ0n) is 17.6. The number of imide groups is 1. The first kappa shape index (κ1) is 20.7. The molecule has 0 unspecified atom stereocenters. The molecule has 0 bridgehead atoms. The Balaban J connectivity index is 1.51. The van der Waals surface area contributed by atoms with Crippen LogP contribution >= 0.6 is 11.6 Å². The molecule has 0 spiro atoms. The highest BCUT2D eigenvalue weighted by Crippen LogP contribution is 2.53. The molecule has 2 fully saturated rings. The van der Waals surface area contributed by atoms with E-state index in [0.717, 1.165) is 16.0 Å². The number of carbonyl (C=O) groups excluding carboxylic acids is 3. The summed E-state index contributed by atoms with van der Waals surface area (Å²) in [5.74, 6) is -3.56. The Bertz CT molecular complexity index is 1390. The third kappa shape index (κ3) is 2.86. The highest BCUT2D eigenvalue weighted by molar-refractivity contribution is 6.36. The van der Waals surface area contributed by atoms with Gasteiger partial charge >= 0.3 is 0 Å². The number of fused-ring (bicyclic) bond motifs is 5. The molecule has 3 heterocycles. The van der Waals surface area contributed by atoms with Gasteiger partial charge < -0.3 is 0 Å². The van der Waals surface area contributed by atoms with E-state index < -0.39 is 47.3 Å². The highest BCUT2D eigenvalue weighted by Gasteiger charge is 2.65. The lowest BCUT2D eigenvalue weighted by atomic mass is 9.83. The molecule has 8 heteroatoms. The predicted octanol–water partition coefficient (Wildman–Crippen LogP) is 4.24. The van der Waals surface area contributed by atoms with Crippen molar-refractivity contribution in [1.29, 1.82) is 0 Å². The van der Waals surface area contributed by atoms with Gasteiger partial charge in [0.25, 0.3) is 0 Å². The molecule has 3 aliphatic rings. The third-order valence-corrected chi connectivity index (χ3v) is 7.10. The molecule has 0 aromatic heterocycles. The van der Waals surface area contributed by atoms with Gasteiger partial charge in [0.1, 0.15) is 11.9 Å². The van der Waals surface area contributed by atoms with Gasteiger partial charge in [0.15, 0.2) is 5.78 Å². The van der Waals surface area contributed by atoms with Gasteiger partial charge in [-0.25, -0.2) is 9.29 Å². The number of Topliss-reactive ketones (excluding diaryl/α,β-unsaturated/α-hetero) is 1. The molecule has 168 valence electrons. The first-order valence-corrected chi connectivity index (χ1v) is 11.2. The van der Waals surface area contributed by atoms with Crippen LogP contribution in [0.25, 0.3) is 0 Å². The molecule has 3 aromatic rings. The maximum absolute atomic E-state index is 13.8. The van der Waals surface area contributed by atoms with E-state index in [-0.39, 0.29) is 10.6 Å². The van der Waals surface area contributed by atoms with Crippen molar-refractivity contribution in [3.05, 3.63) is 100 Å². The van der Waals surface area contributed by atoms with Crippen molar-refractivity contribution in [2.24, 2.45) is 16.9 Å². The van der Waals surface area contributed by atoms with Crippen molar-refractivity contribution in [2.45, 2.75) is 12.1 Å². The van der Waals surface area contributed by atoms with Gasteiger partial charge in [0.2, 0.25) is 11.8 Å². The van der Waals surface area contributed by atoms with Crippen LogP contribution in [0.4, 0.5) is 10.1 Å². The number of amides is 2. The van der Waals surface area contributed by atoms with Gasteiger partial charge in [-0.05, 0) is 47.5 Å². The standard InChI is InChI=1S/C26H17ClFN3O3/c27-18-7-3-4-8-19(18)30-25(33)20-21(26(30)34)23(24(32)14-9-11-16(28)12-10-14)31-22(20)17-6-2-1-5-15(17)13-29-31/h1-13,20-23H/t20-,21+,22-,23-/m0/s1.